The molecule has 7 heteroatoms. The van der Waals surface area contributed by atoms with Gasteiger partial charge in [-0.05, 0) is 44.0 Å². The van der Waals surface area contributed by atoms with Crippen molar-refractivity contribution in [1.29, 1.82) is 0 Å². The van der Waals surface area contributed by atoms with Crippen LogP contribution in [0.25, 0.3) is 0 Å². The smallest absolute Gasteiger partial charge is 0.287 e. The molecule has 2 heterocycles. The summed E-state index contributed by atoms with van der Waals surface area (Å²) in [4.78, 5) is 19.3. The molecule has 1 N–H and O–H groups in total. The Morgan fingerprint density at radius 1 is 1.22 bits per heavy atom. The molecule has 0 saturated carbocycles. The van der Waals surface area contributed by atoms with Crippen LogP contribution >= 0.6 is 0 Å². The first-order valence-electron chi connectivity index (χ1n) is 9.42. The SMILES string of the molecule is Cc1cccc(N2CCN(CCC(C)Nc3ccc([N+](=O)[O-])cn3)CC2)c1. The summed E-state index contributed by atoms with van der Waals surface area (Å²) >= 11 is 0. The second kappa shape index (κ2) is 8.81. The highest BCUT2D eigenvalue weighted by Gasteiger charge is 2.18. The van der Waals surface area contributed by atoms with E-state index >= 15 is 0 Å². The van der Waals surface area contributed by atoms with Crippen molar-refractivity contribution in [2.75, 3.05) is 42.9 Å². The number of benzene rings is 1. The first-order chi connectivity index (χ1) is 13.0. The third-order valence-electron chi connectivity index (χ3n) is 4.97. The van der Waals surface area contributed by atoms with Gasteiger partial charge in [-0.15, -0.1) is 0 Å². The van der Waals surface area contributed by atoms with Gasteiger partial charge in [-0.3, -0.25) is 15.0 Å². The summed E-state index contributed by atoms with van der Waals surface area (Å²) in [5.74, 6) is 0.678. The molecule has 2 aromatic rings. The van der Waals surface area contributed by atoms with Gasteiger partial charge in [-0.25, -0.2) is 4.98 Å². The zero-order valence-electron chi connectivity index (χ0n) is 16.0. The molecular formula is C20H27N5O2. The summed E-state index contributed by atoms with van der Waals surface area (Å²) in [5.41, 5.74) is 2.63. The molecule has 1 unspecified atom stereocenters. The third-order valence-corrected chi connectivity index (χ3v) is 4.97. The maximum atomic E-state index is 10.7. The van der Waals surface area contributed by atoms with Gasteiger partial charge in [0.05, 0.1) is 4.92 Å². The Labute approximate surface area is 160 Å². The highest BCUT2D eigenvalue weighted by molar-refractivity contribution is 5.48. The summed E-state index contributed by atoms with van der Waals surface area (Å²) in [6, 6.07) is 12.1. The second-order valence-corrected chi connectivity index (χ2v) is 7.16. The number of hydrogen-bond donors (Lipinski definition) is 1. The van der Waals surface area contributed by atoms with Crippen LogP contribution in [-0.2, 0) is 0 Å². The van der Waals surface area contributed by atoms with Crippen LogP contribution in [0.2, 0.25) is 0 Å². The summed E-state index contributed by atoms with van der Waals surface area (Å²) < 4.78 is 0. The van der Waals surface area contributed by atoms with Gasteiger partial charge in [0.25, 0.3) is 5.69 Å². The zero-order chi connectivity index (χ0) is 19.2. The fraction of sp³-hybridized carbons (Fsp3) is 0.450. The quantitative estimate of drug-likeness (QED) is 0.596. The monoisotopic (exact) mass is 369 g/mol. The lowest BCUT2D eigenvalue weighted by atomic mass is 10.1. The predicted molar refractivity (Wildman–Crippen MR) is 108 cm³/mol. The van der Waals surface area contributed by atoms with Crippen LogP contribution in [0, 0.1) is 17.0 Å². The number of anilines is 2. The van der Waals surface area contributed by atoms with Crippen molar-refractivity contribution in [1.82, 2.24) is 9.88 Å². The van der Waals surface area contributed by atoms with Crippen LogP contribution in [-0.4, -0.2) is 53.6 Å². The minimum atomic E-state index is -0.434. The Kier molecular flexibility index (Phi) is 6.24. The minimum absolute atomic E-state index is 0.0136. The first-order valence-corrected chi connectivity index (χ1v) is 9.42. The van der Waals surface area contributed by atoms with Gasteiger partial charge >= 0.3 is 0 Å². The molecule has 0 aliphatic carbocycles. The van der Waals surface area contributed by atoms with Crippen LogP contribution in [0.5, 0.6) is 0 Å². The van der Waals surface area contributed by atoms with Gasteiger partial charge < -0.3 is 10.2 Å². The lowest BCUT2D eigenvalue weighted by molar-refractivity contribution is -0.385. The van der Waals surface area contributed by atoms with Crippen LogP contribution in [0.4, 0.5) is 17.2 Å². The third kappa shape index (κ3) is 5.40. The largest absolute Gasteiger partial charge is 0.369 e. The van der Waals surface area contributed by atoms with Gasteiger partial charge in [0, 0.05) is 50.5 Å². The molecule has 27 heavy (non-hydrogen) atoms. The molecular weight excluding hydrogens is 342 g/mol. The Balaban J connectivity index is 1.41. The molecule has 1 aromatic carbocycles. The van der Waals surface area contributed by atoms with E-state index in [1.54, 1.807) is 6.07 Å². The van der Waals surface area contributed by atoms with E-state index in [9.17, 15) is 10.1 Å². The lowest BCUT2D eigenvalue weighted by Crippen LogP contribution is -2.47. The number of nitrogens with one attached hydrogen (secondary N) is 1. The van der Waals surface area contributed by atoms with Crippen molar-refractivity contribution >= 4 is 17.2 Å². The van der Waals surface area contributed by atoms with Gasteiger partial charge in [0.2, 0.25) is 0 Å². The van der Waals surface area contributed by atoms with Crippen LogP contribution in [0.3, 0.4) is 0 Å². The van der Waals surface area contributed by atoms with Crippen molar-refractivity contribution in [2.24, 2.45) is 0 Å². The Morgan fingerprint density at radius 3 is 2.63 bits per heavy atom. The van der Waals surface area contributed by atoms with E-state index < -0.39 is 4.92 Å². The summed E-state index contributed by atoms with van der Waals surface area (Å²) in [6.45, 7) is 9.51. The molecule has 0 bridgehead atoms. The predicted octanol–water partition coefficient (Wildman–Crippen LogP) is 3.31. The average molecular weight is 369 g/mol. The van der Waals surface area contributed by atoms with Gasteiger partial charge in [-0.1, -0.05) is 12.1 Å². The fourth-order valence-corrected chi connectivity index (χ4v) is 3.33. The summed E-state index contributed by atoms with van der Waals surface area (Å²) in [6.07, 6.45) is 2.29. The number of nitrogens with zero attached hydrogens (tertiary/aromatic N) is 4. The Bertz CT molecular complexity index is 757. The van der Waals surface area contributed by atoms with E-state index in [0.717, 1.165) is 39.1 Å². The standard InChI is InChI=1S/C20H27N5O2/c1-16-4-3-5-18(14-16)24-12-10-23(11-13-24)9-8-17(2)22-20-7-6-19(15-21-20)25(26)27/h3-7,14-15,17H,8-13H2,1-2H3,(H,21,22). The molecule has 1 aromatic heterocycles. The highest BCUT2D eigenvalue weighted by Crippen LogP contribution is 2.18. The molecule has 7 nitrogen and oxygen atoms in total. The molecule has 1 saturated heterocycles. The average Bonchev–Trinajstić information content (AvgIpc) is 2.67. The van der Waals surface area contributed by atoms with Crippen molar-refractivity contribution in [3.05, 3.63) is 58.3 Å². The minimum Gasteiger partial charge on any atom is -0.369 e. The molecule has 0 radical (unpaired) electrons. The summed E-state index contributed by atoms with van der Waals surface area (Å²) in [7, 11) is 0. The molecule has 1 fully saturated rings. The van der Waals surface area contributed by atoms with E-state index in [1.165, 1.54) is 23.5 Å². The molecule has 1 aliphatic heterocycles. The maximum absolute atomic E-state index is 10.7. The number of pyridine rings is 1. The fourth-order valence-electron chi connectivity index (χ4n) is 3.33. The lowest BCUT2D eigenvalue weighted by Gasteiger charge is -2.36. The van der Waals surface area contributed by atoms with Crippen molar-refractivity contribution < 1.29 is 4.92 Å². The van der Waals surface area contributed by atoms with Crippen molar-refractivity contribution in [2.45, 2.75) is 26.3 Å². The topological polar surface area (TPSA) is 74.5 Å². The Morgan fingerprint density at radius 2 is 2.00 bits per heavy atom. The van der Waals surface area contributed by atoms with Gasteiger partial charge in [-0.2, -0.15) is 0 Å². The number of aryl methyl sites for hydroxylation is 1. The van der Waals surface area contributed by atoms with E-state index in [4.69, 9.17) is 0 Å². The van der Waals surface area contributed by atoms with E-state index in [1.807, 2.05) is 0 Å². The zero-order valence-corrected chi connectivity index (χ0v) is 16.0. The first kappa shape index (κ1) is 19.1. The number of piperazine rings is 1. The second-order valence-electron chi connectivity index (χ2n) is 7.16. The Hall–Kier alpha value is -2.67. The van der Waals surface area contributed by atoms with Gasteiger partial charge in [0.15, 0.2) is 0 Å². The molecule has 1 atom stereocenters. The van der Waals surface area contributed by atoms with E-state index in [-0.39, 0.29) is 11.7 Å². The van der Waals surface area contributed by atoms with Crippen molar-refractivity contribution in [3.63, 3.8) is 0 Å². The molecule has 0 spiro atoms. The number of hydrogen-bond acceptors (Lipinski definition) is 6. The molecule has 0 amide bonds. The molecule has 3 rings (SSSR count). The van der Waals surface area contributed by atoms with E-state index in [0.29, 0.717) is 5.82 Å². The number of nitro groups is 1. The number of aromatic nitrogens is 1. The van der Waals surface area contributed by atoms with Gasteiger partial charge in [0.1, 0.15) is 12.0 Å². The van der Waals surface area contributed by atoms with Crippen LogP contribution in [0.15, 0.2) is 42.6 Å². The van der Waals surface area contributed by atoms with Crippen molar-refractivity contribution in [3.8, 4) is 0 Å². The maximum Gasteiger partial charge on any atom is 0.287 e. The normalized spacial score (nSPS) is 16.1. The van der Waals surface area contributed by atoms with Crippen LogP contribution < -0.4 is 10.2 Å². The van der Waals surface area contributed by atoms with E-state index in [2.05, 4.69) is 58.2 Å². The molecule has 1 aliphatic rings. The molecule has 144 valence electrons. The number of rotatable bonds is 7. The highest BCUT2D eigenvalue weighted by atomic mass is 16.6. The van der Waals surface area contributed by atoms with Crippen LogP contribution in [0.1, 0.15) is 18.9 Å². The summed E-state index contributed by atoms with van der Waals surface area (Å²) in [5, 5.41) is 14.0.